The third-order valence-electron chi connectivity index (χ3n) is 3.12. The van der Waals surface area contributed by atoms with Crippen molar-refractivity contribution in [3.05, 3.63) is 59.7 Å². The van der Waals surface area contributed by atoms with Gasteiger partial charge in [0, 0.05) is 18.0 Å². The number of benzene rings is 1. The maximum absolute atomic E-state index is 14.0. The van der Waals surface area contributed by atoms with Crippen LogP contribution in [0, 0.1) is 25.5 Å². The van der Waals surface area contributed by atoms with Crippen molar-refractivity contribution < 1.29 is 8.78 Å². The monoisotopic (exact) mass is 286 g/mol. The summed E-state index contributed by atoms with van der Waals surface area (Å²) in [5.74, 6) is -0.581. The van der Waals surface area contributed by atoms with Crippen molar-refractivity contribution in [2.45, 2.75) is 13.8 Å². The lowest BCUT2D eigenvalue weighted by Crippen LogP contribution is -2.05. The van der Waals surface area contributed by atoms with Gasteiger partial charge in [-0.2, -0.15) is 0 Å². The molecule has 0 saturated heterocycles. The number of aromatic nitrogens is 4. The Morgan fingerprint density at radius 3 is 2.38 bits per heavy atom. The molecule has 0 spiro atoms. The number of hydrogen-bond acceptors (Lipinski definition) is 3. The molecule has 106 valence electrons. The third kappa shape index (κ3) is 2.29. The molecule has 3 aromatic rings. The van der Waals surface area contributed by atoms with Gasteiger partial charge in [-0.15, -0.1) is 10.2 Å². The third-order valence-corrected chi connectivity index (χ3v) is 3.12. The summed E-state index contributed by atoms with van der Waals surface area (Å²) in [5.41, 5.74) is 1.39. The average molecular weight is 286 g/mol. The second-order valence-corrected chi connectivity index (χ2v) is 4.73. The van der Waals surface area contributed by atoms with Crippen molar-refractivity contribution in [2.24, 2.45) is 0 Å². The van der Waals surface area contributed by atoms with Crippen LogP contribution in [0.5, 0.6) is 0 Å². The number of halogens is 2. The van der Waals surface area contributed by atoms with Crippen LogP contribution < -0.4 is 0 Å². The lowest BCUT2D eigenvalue weighted by atomic mass is 10.2. The van der Waals surface area contributed by atoms with Gasteiger partial charge in [-0.25, -0.2) is 8.78 Å². The number of para-hydroxylation sites is 1. The smallest absolute Gasteiger partial charge is 0.170 e. The molecule has 0 fully saturated rings. The van der Waals surface area contributed by atoms with Gasteiger partial charge in [0.05, 0.1) is 0 Å². The average Bonchev–Trinajstić information content (AvgIpc) is 2.81. The first-order chi connectivity index (χ1) is 10.1. The highest BCUT2D eigenvalue weighted by atomic mass is 19.1. The molecule has 0 aliphatic rings. The highest BCUT2D eigenvalue weighted by Gasteiger charge is 2.19. The zero-order chi connectivity index (χ0) is 15.0. The van der Waals surface area contributed by atoms with E-state index in [1.807, 2.05) is 13.0 Å². The van der Waals surface area contributed by atoms with E-state index in [1.165, 1.54) is 22.8 Å². The molecule has 6 heteroatoms. The van der Waals surface area contributed by atoms with Gasteiger partial charge in [-0.3, -0.25) is 9.55 Å². The van der Waals surface area contributed by atoms with E-state index < -0.39 is 11.6 Å². The van der Waals surface area contributed by atoms with Gasteiger partial charge in [0.25, 0.3) is 0 Å². The van der Waals surface area contributed by atoms with Crippen LogP contribution in [-0.4, -0.2) is 19.7 Å². The van der Waals surface area contributed by atoms with Crippen molar-refractivity contribution in [2.75, 3.05) is 0 Å². The summed E-state index contributed by atoms with van der Waals surface area (Å²) in [6, 6.07) is 5.57. The fourth-order valence-electron chi connectivity index (χ4n) is 2.20. The SMILES string of the molecule is Cc1cncc(-c2nnc(C)n2-c2c(F)cccc2F)c1. The van der Waals surface area contributed by atoms with Gasteiger partial charge >= 0.3 is 0 Å². The van der Waals surface area contributed by atoms with Gasteiger partial charge < -0.3 is 0 Å². The minimum absolute atomic E-state index is 0.184. The molecular weight excluding hydrogens is 274 g/mol. The summed E-state index contributed by atoms with van der Waals surface area (Å²) in [5, 5.41) is 7.96. The molecule has 2 heterocycles. The fourth-order valence-corrected chi connectivity index (χ4v) is 2.20. The molecule has 4 nitrogen and oxygen atoms in total. The molecule has 21 heavy (non-hydrogen) atoms. The van der Waals surface area contributed by atoms with E-state index in [1.54, 1.807) is 19.3 Å². The molecule has 0 saturated carbocycles. The van der Waals surface area contributed by atoms with Gasteiger partial charge in [0.1, 0.15) is 23.1 Å². The van der Waals surface area contributed by atoms with Crippen LogP contribution >= 0.6 is 0 Å². The largest absolute Gasteiger partial charge is 0.273 e. The summed E-state index contributed by atoms with van der Waals surface area (Å²) < 4.78 is 29.4. The molecule has 0 bridgehead atoms. The van der Waals surface area contributed by atoms with Crippen LogP contribution in [0.2, 0.25) is 0 Å². The Balaban J connectivity index is 2.28. The van der Waals surface area contributed by atoms with Crippen molar-refractivity contribution in [1.82, 2.24) is 19.7 Å². The van der Waals surface area contributed by atoms with E-state index in [9.17, 15) is 8.78 Å². The zero-order valence-corrected chi connectivity index (χ0v) is 11.5. The lowest BCUT2D eigenvalue weighted by molar-refractivity contribution is 0.568. The molecule has 0 N–H and O–H groups in total. The Hall–Kier alpha value is -2.63. The second-order valence-electron chi connectivity index (χ2n) is 4.73. The first-order valence-electron chi connectivity index (χ1n) is 6.36. The predicted octanol–water partition coefficient (Wildman–Crippen LogP) is 3.22. The summed E-state index contributed by atoms with van der Waals surface area (Å²) >= 11 is 0. The molecule has 0 amide bonds. The number of pyridine rings is 1. The van der Waals surface area contributed by atoms with Crippen LogP contribution in [0.3, 0.4) is 0 Å². The lowest BCUT2D eigenvalue weighted by Gasteiger charge is -2.10. The highest BCUT2D eigenvalue weighted by Crippen LogP contribution is 2.26. The summed E-state index contributed by atoms with van der Waals surface area (Å²) in [6.07, 6.45) is 3.28. The Bertz CT molecular complexity index is 791. The normalized spacial score (nSPS) is 10.9. The maximum Gasteiger partial charge on any atom is 0.170 e. The van der Waals surface area contributed by atoms with Crippen LogP contribution in [0.4, 0.5) is 8.78 Å². The Labute approximate surface area is 120 Å². The Morgan fingerprint density at radius 2 is 1.71 bits per heavy atom. The van der Waals surface area contributed by atoms with E-state index in [2.05, 4.69) is 15.2 Å². The molecule has 0 atom stereocenters. The summed E-state index contributed by atoms with van der Waals surface area (Å²) in [7, 11) is 0. The van der Waals surface area contributed by atoms with Crippen molar-refractivity contribution in [3.8, 4) is 17.1 Å². The quantitative estimate of drug-likeness (QED) is 0.726. The number of hydrogen-bond donors (Lipinski definition) is 0. The Morgan fingerprint density at radius 1 is 1.00 bits per heavy atom. The minimum atomic E-state index is -0.667. The van der Waals surface area contributed by atoms with Crippen LogP contribution in [0.1, 0.15) is 11.4 Å². The van der Waals surface area contributed by atoms with Crippen LogP contribution in [0.25, 0.3) is 17.1 Å². The molecule has 0 aliphatic heterocycles. The first-order valence-corrected chi connectivity index (χ1v) is 6.36. The van der Waals surface area contributed by atoms with Gasteiger partial charge in [-0.1, -0.05) is 6.07 Å². The summed E-state index contributed by atoms with van der Waals surface area (Å²) in [4.78, 5) is 4.08. The van der Waals surface area contributed by atoms with Gasteiger partial charge in [0.15, 0.2) is 5.82 Å². The zero-order valence-electron chi connectivity index (χ0n) is 11.5. The van der Waals surface area contributed by atoms with Gasteiger partial charge in [0.2, 0.25) is 0 Å². The van der Waals surface area contributed by atoms with E-state index in [4.69, 9.17) is 0 Å². The van der Waals surface area contributed by atoms with E-state index in [0.717, 1.165) is 5.56 Å². The molecule has 0 aliphatic carbocycles. The highest BCUT2D eigenvalue weighted by molar-refractivity contribution is 5.58. The van der Waals surface area contributed by atoms with Crippen LogP contribution in [0.15, 0.2) is 36.7 Å². The molecular formula is C15H12F2N4. The fraction of sp³-hybridized carbons (Fsp3) is 0.133. The number of aryl methyl sites for hydroxylation is 2. The predicted molar refractivity (Wildman–Crippen MR) is 74.0 cm³/mol. The number of rotatable bonds is 2. The molecule has 0 radical (unpaired) electrons. The van der Waals surface area contributed by atoms with Crippen LogP contribution in [-0.2, 0) is 0 Å². The van der Waals surface area contributed by atoms with Gasteiger partial charge in [-0.05, 0) is 37.6 Å². The topological polar surface area (TPSA) is 43.6 Å². The molecule has 3 rings (SSSR count). The molecule has 1 aromatic carbocycles. The second kappa shape index (κ2) is 5.05. The first kappa shape index (κ1) is 13.4. The van der Waals surface area contributed by atoms with E-state index in [-0.39, 0.29) is 5.69 Å². The van der Waals surface area contributed by atoms with E-state index >= 15 is 0 Å². The number of nitrogens with zero attached hydrogens (tertiary/aromatic N) is 4. The maximum atomic E-state index is 14.0. The molecule has 0 unspecified atom stereocenters. The van der Waals surface area contributed by atoms with Crippen molar-refractivity contribution in [3.63, 3.8) is 0 Å². The summed E-state index contributed by atoms with van der Waals surface area (Å²) in [6.45, 7) is 3.53. The van der Waals surface area contributed by atoms with Crippen molar-refractivity contribution >= 4 is 0 Å². The minimum Gasteiger partial charge on any atom is -0.273 e. The Kier molecular flexibility index (Phi) is 3.21. The van der Waals surface area contributed by atoms with E-state index in [0.29, 0.717) is 17.2 Å². The molecule has 2 aromatic heterocycles. The van der Waals surface area contributed by atoms with Crippen molar-refractivity contribution in [1.29, 1.82) is 0 Å². The standard InChI is InChI=1S/C15H12F2N4/c1-9-6-11(8-18-7-9)15-20-19-10(2)21(15)14-12(16)4-3-5-13(14)17/h3-8H,1-2H3.